The fraction of sp³-hybridized carbons (Fsp3) is 0.438. The Labute approximate surface area is 124 Å². The Hall–Kier alpha value is -1.85. The predicted molar refractivity (Wildman–Crippen MR) is 80.2 cm³/mol. The molecule has 5 heteroatoms. The molecule has 0 aromatic heterocycles. The molecule has 0 fully saturated rings. The van der Waals surface area contributed by atoms with E-state index < -0.39 is 6.10 Å². The van der Waals surface area contributed by atoms with Crippen molar-refractivity contribution in [1.29, 1.82) is 0 Å². The van der Waals surface area contributed by atoms with Gasteiger partial charge in [-0.1, -0.05) is 6.07 Å². The average Bonchev–Trinajstić information content (AvgIpc) is 2.92. The highest BCUT2D eigenvalue weighted by Crippen LogP contribution is 2.26. The SMILES string of the molecule is COCC(O)CN(C)C(=O)C=Cc1ccc2c(c1)CCO2. The van der Waals surface area contributed by atoms with Gasteiger partial charge in [-0.25, -0.2) is 0 Å². The number of methoxy groups -OCH3 is 1. The molecule has 0 radical (unpaired) electrons. The van der Waals surface area contributed by atoms with Crippen LogP contribution < -0.4 is 4.74 Å². The van der Waals surface area contributed by atoms with Crippen LogP contribution in [0.1, 0.15) is 11.1 Å². The number of amides is 1. The van der Waals surface area contributed by atoms with E-state index in [0.717, 1.165) is 24.3 Å². The Morgan fingerprint density at radius 1 is 1.57 bits per heavy atom. The summed E-state index contributed by atoms with van der Waals surface area (Å²) in [5, 5.41) is 9.60. The van der Waals surface area contributed by atoms with Crippen LogP contribution in [0.3, 0.4) is 0 Å². The van der Waals surface area contributed by atoms with Gasteiger partial charge >= 0.3 is 0 Å². The number of aliphatic hydroxyl groups is 1. The summed E-state index contributed by atoms with van der Waals surface area (Å²) in [5.41, 5.74) is 2.15. The Balaban J connectivity index is 1.92. The molecular weight excluding hydrogens is 270 g/mol. The molecule has 21 heavy (non-hydrogen) atoms. The van der Waals surface area contributed by atoms with Gasteiger partial charge < -0.3 is 19.5 Å². The van der Waals surface area contributed by atoms with E-state index in [4.69, 9.17) is 9.47 Å². The van der Waals surface area contributed by atoms with Crippen molar-refractivity contribution in [2.24, 2.45) is 0 Å². The van der Waals surface area contributed by atoms with Crippen molar-refractivity contribution in [3.63, 3.8) is 0 Å². The molecule has 1 atom stereocenters. The first-order chi connectivity index (χ1) is 10.1. The van der Waals surface area contributed by atoms with Crippen LogP contribution in [0.4, 0.5) is 0 Å². The Morgan fingerprint density at radius 2 is 2.38 bits per heavy atom. The van der Waals surface area contributed by atoms with E-state index in [1.54, 1.807) is 13.1 Å². The molecule has 114 valence electrons. The number of rotatable bonds is 6. The molecule has 1 aromatic rings. The predicted octanol–water partition coefficient (Wildman–Crippen LogP) is 1.10. The van der Waals surface area contributed by atoms with Crippen molar-refractivity contribution >= 4 is 12.0 Å². The van der Waals surface area contributed by atoms with Crippen LogP contribution in [0.25, 0.3) is 6.08 Å². The molecule has 0 aliphatic carbocycles. The maximum Gasteiger partial charge on any atom is 0.246 e. The summed E-state index contributed by atoms with van der Waals surface area (Å²) in [4.78, 5) is 13.4. The minimum Gasteiger partial charge on any atom is -0.493 e. The summed E-state index contributed by atoms with van der Waals surface area (Å²) in [6.45, 7) is 1.18. The number of carbonyl (C=O) groups excluding carboxylic acids is 1. The minimum absolute atomic E-state index is 0.151. The van der Waals surface area contributed by atoms with E-state index in [1.807, 2.05) is 18.2 Å². The molecule has 1 aliphatic heterocycles. The van der Waals surface area contributed by atoms with Gasteiger partial charge in [-0.2, -0.15) is 0 Å². The highest BCUT2D eigenvalue weighted by Gasteiger charge is 2.13. The van der Waals surface area contributed by atoms with E-state index >= 15 is 0 Å². The van der Waals surface area contributed by atoms with Gasteiger partial charge in [-0.3, -0.25) is 4.79 Å². The summed E-state index contributed by atoms with van der Waals surface area (Å²) >= 11 is 0. The molecule has 0 saturated heterocycles. The first-order valence-electron chi connectivity index (χ1n) is 6.96. The molecular formula is C16H21NO4. The Morgan fingerprint density at radius 3 is 3.14 bits per heavy atom. The lowest BCUT2D eigenvalue weighted by Crippen LogP contribution is -2.35. The van der Waals surface area contributed by atoms with Crippen LogP contribution >= 0.6 is 0 Å². The van der Waals surface area contributed by atoms with Crippen LogP contribution in [-0.2, 0) is 16.0 Å². The third-order valence-electron chi connectivity index (χ3n) is 3.35. The minimum atomic E-state index is -0.672. The molecule has 1 amide bonds. The monoisotopic (exact) mass is 291 g/mol. The van der Waals surface area contributed by atoms with Crippen LogP contribution in [0.15, 0.2) is 24.3 Å². The fourth-order valence-electron chi connectivity index (χ4n) is 2.26. The Kier molecular flexibility index (Phi) is 5.36. The number of benzene rings is 1. The van der Waals surface area contributed by atoms with Crippen LogP contribution in [-0.4, -0.2) is 55.9 Å². The maximum atomic E-state index is 12.0. The molecule has 1 heterocycles. The lowest BCUT2D eigenvalue weighted by Gasteiger charge is -2.18. The van der Waals surface area contributed by atoms with Crippen molar-refractivity contribution in [2.75, 3.05) is 33.9 Å². The molecule has 2 rings (SSSR count). The molecule has 0 saturated carbocycles. The second kappa shape index (κ2) is 7.24. The van der Waals surface area contributed by atoms with E-state index in [1.165, 1.54) is 23.6 Å². The maximum absolute atomic E-state index is 12.0. The first kappa shape index (κ1) is 15.5. The van der Waals surface area contributed by atoms with Crippen molar-refractivity contribution in [1.82, 2.24) is 4.90 Å². The molecule has 0 bridgehead atoms. The zero-order valence-corrected chi connectivity index (χ0v) is 12.4. The summed E-state index contributed by atoms with van der Waals surface area (Å²) < 4.78 is 10.3. The lowest BCUT2D eigenvalue weighted by molar-refractivity contribution is -0.126. The first-order valence-corrected chi connectivity index (χ1v) is 6.96. The van der Waals surface area contributed by atoms with Gasteiger partial charge in [0.05, 0.1) is 19.3 Å². The standard InChI is InChI=1S/C16H21NO4/c1-17(10-14(18)11-20-2)16(19)6-4-12-3-5-15-13(9-12)7-8-21-15/h3-6,9,14,18H,7-8,10-11H2,1-2H3. The van der Waals surface area contributed by atoms with Crippen molar-refractivity contribution in [3.8, 4) is 5.75 Å². The zero-order chi connectivity index (χ0) is 15.2. The van der Waals surface area contributed by atoms with Crippen LogP contribution in [0, 0.1) is 0 Å². The molecule has 1 aromatic carbocycles. The number of ether oxygens (including phenoxy) is 2. The lowest BCUT2D eigenvalue weighted by atomic mass is 10.1. The highest BCUT2D eigenvalue weighted by molar-refractivity contribution is 5.91. The van der Waals surface area contributed by atoms with E-state index in [-0.39, 0.29) is 19.1 Å². The van der Waals surface area contributed by atoms with Gasteiger partial charge in [-0.05, 0) is 29.3 Å². The summed E-state index contributed by atoms with van der Waals surface area (Å²) in [6, 6.07) is 5.89. The number of fused-ring (bicyclic) bond motifs is 1. The average molecular weight is 291 g/mol. The summed E-state index contributed by atoms with van der Waals surface area (Å²) in [5.74, 6) is 0.778. The van der Waals surface area contributed by atoms with Crippen LogP contribution in [0.2, 0.25) is 0 Å². The number of likely N-dealkylation sites (N-methyl/N-ethyl adjacent to an activating group) is 1. The van der Waals surface area contributed by atoms with Gasteiger partial charge in [0.1, 0.15) is 5.75 Å². The number of carbonyl (C=O) groups is 1. The van der Waals surface area contributed by atoms with Gasteiger partial charge in [0.15, 0.2) is 0 Å². The summed E-state index contributed by atoms with van der Waals surface area (Å²) in [6.07, 6.45) is 3.53. The third kappa shape index (κ3) is 4.31. The quantitative estimate of drug-likeness (QED) is 0.797. The number of aliphatic hydroxyl groups excluding tert-OH is 1. The Bertz CT molecular complexity index is 527. The van der Waals surface area contributed by atoms with E-state index in [0.29, 0.717) is 0 Å². The van der Waals surface area contributed by atoms with Crippen LogP contribution in [0.5, 0.6) is 5.75 Å². The summed E-state index contributed by atoms with van der Waals surface area (Å²) in [7, 11) is 3.17. The van der Waals surface area contributed by atoms with Gasteiger partial charge in [0, 0.05) is 33.2 Å². The normalized spacial score (nSPS) is 14.8. The second-order valence-corrected chi connectivity index (χ2v) is 5.13. The van der Waals surface area contributed by atoms with E-state index in [2.05, 4.69) is 0 Å². The molecule has 1 aliphatic rings. The second-order valence-electron chi connectivity index (χ2n) is 5.13. The molecule has 1 N–H and O–H groups in total. The van der Waals surface area contributed by atoms with Gasteiger partial charge in [0.2, 0.25) is 5.91 Å². The number of hydrogen-bond donors (Lipinski definition) is 1. The molecule has 5 nitrogen and oxygen atoms in total. The fourth-order valence-corrected chi connectivity index (χ4v) is 2.26. The van der Waals surface area contributed by atoms with Crippen molar-refractivity contribution in [3.05, 3.63) is 35.4 Å². The largest absolute Gasteiger partial charge is 0.493 e. The van der Waals surface area contributed by atoms with E-state index in [9.17, 15) is 9.90 Å². The van der Waals surface area contributed by atoms with Crippen molar-refractivity contribution < 1.29 is 19.4 Å². The zero-order valence-electron chi connectivity index (χ0n) is 12.4. The third-order valence-corrected chi connectivity index (χ3v) is 3.35. The number of nitrogens with zero attached hydrogens (tertiary/aromatic N) is 1. The number of hydrogen-bond acceptors (Lipinski definition) is 4. The van der Waals surface area contributed by atoms with Gasteiger partial charge in [0.25, 0.3) is 0 Å². The smallest absolute Gasteiger partial charge is 0.246 e. The topological polar surface area (TPSA) is 59.0 Å². The van der Waals surface area contributed by atoms with Gasteiger partial charge in [-0.15, -0.1) is 0 Å². The molecule has 0 spiro atoms. The highest BCUT2D eigenvalue weighted by atomic mass is 16.5. The molecule has 1 unspecified atom stereocenters. The van der Waals surface area contributed by atoms with Crippen molar-refractivity contribution in [2.45, 2.75) is 12.5 Å².